The quantitative estimate of drug-likeness (QED) is 0.265. The van der Waals surface area contributed by atoms with Crippen molar-refractivity contribution < 1.29 is 4.73 Å². The average Bonchev–Trinajstić information content (AvgIpc) is 3.14. The average molecular weight is 418 g/mol. The number of benzene rings is 1. The van der Waals surface area contributed by atoms with E-state index in [-0.39, 0.29) is 24.5 Å². The van der Waals surface area contributed by atoms with Crippen LogP contribution in [0.15, 0.2) is 35.3 Å². The molecule has 0 unspecified atom stereocenters. The number of nitrogens with one attached hydrogen (secondary N) is 1. The second kappa shape index (κ2) is 8.41. The highest BCUT2D eigenvalue weighted by Crippen LogP contribution is 2.16. The van der Waals surface area contributed by atoms with Crippen molar-refractivity contribution in [2.45, 2.75) is 26.9 Å². The van der Waals surface area contributed by atoms with Crippen LogP contribution in [0.25, 0.3) is 21.9 Å². The molecule has 158 valence electrons. The zero-order valence-corrected chi connectivity index (χ0v) is 17.3. The Morgan fingerprint density at radius 1 is 1.26 bits per heavy atom. The minimum atomic E-state index is -0.378. The molecule has 0 saturated heterocycles. The highest BCUT2D eigenvalue weighted by Gasteiger charge is 2.20. The van der Waals surface area contributed by atoms with Crippen molar-refractivity contribution in [3.05, 3.63) is 57.5 Å². The standard InChI is InChI=1S/C21H22N8O2/c1-3-4-11-27-19-17(26-21(27)23-10-9-22)12-24-28(20(19)30)13-18-25-16-8-6-5-7-15(16)14(2)29(18)31/h5-8,12H,9-11,13,22H2,1-2H3,(H,23,26). The summed E-state index contributed by atoms with van der Waals surface area (Å²) in [7, 11) is 0. The van der Waals surface area contributed by atoms with Gasteiger partial charge in [0.15, 0.2) is 12.1 Å². The van der Waals surface area contributed by atoms with Gasteiger partial charge in [0.1, 0.15) is 16.7 Å². The first-order chi connectivity index (χ1) is 15.0. The van der Waals surface area contributed by atoms with Crippen molar-refractivity contribution in [2.24, 2.45) is 5.73 Å². The molecule has 0 radical (unpaired) electrons. The normalized spacial score (nSPS) is 10.9. The van der Waals surface area contributed by atoms with E-state index in [1.165, 1.54) is 10.9 Å². The van der Waals surface area contributed by atoms with E-state index in [1.54, 1.807) is 18.4 Å². The van der Waals surface area contributed by atoms with E-state index in [0.29, 0.717) is 41.3 Å². The number of anilines is 1. The molecule has 0 amide bonds. The van der Waals surface area contributed by atoms with Crippen molar-refractivity contribution >= 4 is 27.9 Å². The summed E-state index contributed by atoms with van der Waals surface area (Å²) >= 11 is 0. The van der Waals surface area contributed by atoms with Crippen LogP contribution < -0.4 is 21.3 Å². The van der Waals surface area contributed by atoms with E-state index in [0.717, 1.165) is 10.1 Å². The Kier molecular flexibility index (Phi) is 5.51. The summed E-state index contributed by atoms with van der Waals surface area (Å²) in [5, 5.41) is 20.8. The Labute approximate surface area is 177 Å². The fourth-order valence-corrected chi connectivity index (χ4v) is 3.43. The molecular formula is C21H22N8O2. The Bertz CT molecular complexity index is 1390. The molecule has 0 spiro atoms. The Hall–Kier alpha value is -3.97. The van der Waals surface area contributed by atoms with Gasteiger partial charge in [-0.25, -0.2) is 14.4 Å². The summed E-state index contributed by atoms with van der Waals surface area (Å²) in [6.07, 6.45) is 1.50. The third kappa shape index (κ3) is 3.67. The first-order valence-corrected chi connectivity index (χ1v) is 9.82. The largest absolute Gasteiger partial charge is 0.710 e. The highest BCUT2D eigenvalue weighted by atomic mass is 16.5. The molecule has 3 aromatic heterocycles. The Balaban J connectivity index is 1.83. The van der Waals surface area contributed by atoms with E-state index in [4.69, 9.17) is 5.73 Å². The SMILES string of the molecule is CC#CCn1c(NCCN)nc2cnn(Cc3nc4ccccc4c(C)[n+]3[O-])c(=O)c21. The fraction of sp³-hybridized carbons (Fsp3) is 0.286. The van der Waals surface area contributed by atoms with E-state index < -0.39 is 0 Å². The number of imidazole rings is 1. The van der Waals surface area contributed by atoms with E-state index in [2.05, 4.69) is 32.2 Å². The minimum Gasteiger partial charge on any atom is -0.710 e. The molecule has 10 heteroatoms. The van der Waals surface area contributed by atoms with Gasteiger partial charge in [0, 0.05) is 13.1 Å². The van der Waals surface area contributed by atoms with Gasteiger partial charge in [-0.1, -0.05) is 18.1 Å². The van der Waals surface area contributed by atoms with Crippen LogP contribution in [0.1, 0.15) is 18.4 Å². The van der Waals surface area contributed by atoms with E-state index in [9.17, 15) is 10.0 Å². The number of nitrogens with zero attached hydrogens (tertiary/aromatic N) is 6. The number of aromatic nitrogens is 6. The molecule has 0 aliphatic heterocycles. The first-order valence-electron chi connectivity index (χ1n) is 9.82. The molecule has 0 saturated carbocycles. The third-order valence-electron chi connectivity index (χ3n) is 4.97. The summed E-state index contributed by atoms with van der Waals surface area (Å²) in [4.78, 5) is 22.2. The van der Waals surface area contributed by atoms with Crippen LogP contribution in [0.4, 0.5) is 5.95 Å². The molecule has 4 aromatic rings. The van der Waals surface area contributed by atoms with Gasteiger partial charge in [-0.2, -0.15) is 5.10 Å². The predicted octanol–water partition coefficient (Wildman–Crippen LogP) is 0.525. The van der Waals surface area contributed by atoms with Crippen LogP contribution >= 0.6 is 0 Å². The van der Waals surface area contributed by atoms with Crippen LogP contribution in [-0.4, -0.2) is 37.4 Å². The van der Waals surface area contributed by atoms with Crippen molar-refractivity contribution in [2.75, 3.05) is 18.4 Å². The molecule has 3 N–H and O–H groups in total. The first kappa shape index (κ1) is 20.3. The van der Waals surface area contributed by atoms with Crippen molar-refractivity contribution in [3.63, 3.8) is 0 Å². The second-order valence-electron chi connectivity index (χ2n) is 6.93. The van der Waals surface area contributed by atoms with Gasteiger partial charge in [-0.05, 0) is 31.0 Å². The van der Waals surface area contributed by atoms with E-state index >= 15 is 0 Å². The zero-order valence-electron chi connectivity index (χ0n) is 17.3. The van der Waals surface area contributed by atoms with Gasteiger partial charge >= 0.3 is 5.82 Å². The molecule has 0 bridgehead atoms. The van der Waals surface area contributed by atoms with Crippen LogP contribution in [0.3, 0.4) is 0 Å². The third-order valence-corrected chi connectivity index (χ3v) is 4.97. The fourth-order valence-electron chi connectivity index (χ4n) is 3.43. The summed E-state index contributed by atoms with van der Waals surface area (Å²) in [5.74, 6) is 6.47. The summed E-state index contributed by atoms with van der Waals surface area (Å²) in [5.41, 5.74) is 7.21. The lowest BCUT2D eigenvalue weighted by Gasteiger charge is -2.12. The molecule has 0 fully saturated rings. The maximum absolute atomic E-state index is 13.3. The van der Waals surface area contributed by atoms with Crippen LogP contribution in [0, 0.1) is 24.0 Å². The maximum atomic E-state index is 13.3. The van der Waals surface area contributed by atoms with Crippen LogP contribution in [0.2, 0.25) is 0 Å². The molecule has 4 rings (SSSR count). The lowest BCUT2D eigenvalue weighted by molar-refractivity contribution is -0.623. The number of hydrogen-bond acceptors (Lipinski definition) is 7. The van der Waals surface area contributed by atoms with E-state index in [1.807, 2.05) is 24.3 Å². The Morgan fingerprint density at radius 2 is 2.06 bits per heavy atom. The maximum Gasteiger partial charge on any atom is 0.324 e. The summed E-state index contributed by atoms with van der Waals surface area (Å²) in [6.45, 7) is 4.59. The van der Waals surface area contributed by atoms with Crippen molar-refractivity contribution in [1.29, 1.82) is 0 Å². The minimum absolute atomic E-state index is 0.0693. The van der Waals surface area contributed by atoms with Crippen LogP contribution in [0.5, 0.6) is 0 Å². The van der Waals surface area contributed by atoms with Gasteiger partial charge in [-0.3, -0.25) is 9.36 Å². The molecule has 0 atom stereocenters. The molecule has 10 nitrogen and oxygen atoms in total. The van der Waals surface area contributed by atoms with Crippen LogP contribution in [-0.2, 0) is 13.1 Å². The van der Waals surface area contributed by atoms with Gasteiger partial charge in [0.05, 0.1) is 18.1 Å². The van der Waals surface area contributed by atoms with Gasteiger partial charge in [-0.15, -0.1) is 5.92 Å². The summed E-state index contributed by atoms with van der Waals surface area (Å²) in [6, 6.07) is 7.38. The van der Waals surface area contributed by atoms with Gasteiger partial charge in [0.25, 0.3) is 5.56 Å². The van der Waals surface area contributed by atoms with Crippen molar-refractivity contribution in [3.8, 4) is 11.8 Å². The number of nitrogens with two attached hydrogens (primary N) is 1. The van der Waals surface area contributed by atoms with Crippen molar-refractivity contribution in [1.82, 2.24) is 24.3 Å². The number of hydrogen-bond donors (Lipinski definition) is 2. The number of fused-ring (bicyclic) bond motifs is 2. The zero-order chi connectivity index (χ0) is 22.0. The monoisotopic (exact) mass is 418 g/mol. The molecular weight excluding hydrogens is 396 g/mol. The number of aryl methyl sites for hydroxylation is 1. The molecule has 3 heterocycles. The molecule has 31 heavy (non-hydrogen) atoms. The molecule has 0 aliphatic rings. The molecule has 1 aromatic carbocycles. The lowest BCUT2D eigenvalue weighted by Crippen LogP contribution is -2.40. The number of para-hydroxylation sites is 1. The number of rotatable bonds is 6. The lowest BCUT2D eigenvalue weighted by atomic mass is 10.2. The predicted molar refractivity (Wildman–Crippen MR) is 117 cm³/mol. The Morgan fingerprint density at radius 3 is 2.84 bits per heavy atom. The highest BCUT2D eigenvalue weighted by molar-refractivity contribution is 5.79. The molecule has 0 aliphatic carbocycles. The summed E-state index contributed by atoms with van der Waals surface area (Å²) < 4.78 is 3.67. The van der Waals surface area contributed by atoms with Gasteiger partial charge in [0.2, 0.25) is 5.95 Å². The second-order valence-corrected chi connectivity index (χ2v) is 6.93. The van der Waals surface area contributed by atoms with Gasteiger partial charge < -0.3 is 16.3 Å². The smallest absolute Gasteiger partial charge is 0.324 e. The topological polar surface area (TPSA) is 131 Å².